The van der Waals surface area contributed by atoms with E-state index in [1.807, 2.05) is 24.3 Å². The van der Waals surface area contributed by atoms with Gasteiger partial charge in [0.2, 0.25) is 5.91 Å². The highest BCUT2D eigenvalue weighted by Gasteiger charge is 2.09. The third kappa shape index (κ3) is 4.13. The first kappa shape index (κ1) is 15.2. The van der Waals surface area contributed by atoms with Gasteiger partial charge in [0, 0.05) is 17.1 Å². The molecule has 0 heterocycles. The molecule has 0 unspecified atom stereocenters. The van der Waals surface area contributed by atoms with Gasteiger partial charge >= 0.3 is 0 Å². The van der Waals surface area contributed by atoms with Crippen LogP contribution in [0, 0.1) is 0 Å². The van der Waals surface area contributed by atoms with E-state index in [1.165, 1.54) is 0 Å². The Balaban J connectivity index is 1.99. The van der Waals surface area contributed by atoms with Crippen molar-refractivity contribution in [3.63, 3.8) is 0 Å². The molecule has 0 aliphatic heterocycles. The number of amides is 1. The summed E-state index contributed by atoms with van der Waals surface area (Å²) in [5.41, 5.74) is 8.08. The molecule has 5 heteroatoms. The molecular weight excluding hydrogens is 288 g/mol. The summed E-state index contributed by atoms with van der Waals surface area (Å²) in [6.07, 6.45) is 0.922. The molecule has 2 aromatic rings. The van der Waals surface area contributed by atoms with Gasteiger partial charge in [-0.25, -0.2) is 0 Å². The molecule has 0 saturated heterocycles. The van der Waals surface area contributed by atoms with E-state index in [2.05, 4.69) is 5.32 Å². The molecule has 0 aromatic heterocycles. The minimum absolute atomic E-state index is 0.112. The van der Waals surface area contributed by atoms with Crippen LogP contribution in [0.3, 0.4) is 0 Å². The van der Waals surface area contributed by atoms with E-state index in [0.717, 1.165) is 5.56 Å². The monoisotopic (exact) mass is 304 g/mol. The van der Waals surface area contributed by atoms with Crippen molar-refractivity contribution in [1.29, 1.82) is 0 Å². The first-order valence-electron chi connectivity index (χ1n) is 6.57. The van der Waals surface area contributed by atoms with Gasteiger partial charge in [0.05, 0.1) is 12.8 Å². The lowest BCUT2D eigenvalue weighted by atomic mass is 10.1. The Kier molecular flexibility index (Phi) is 5.06. The number of nitrogen functional groups attached to an aromatic ring is 1. The molecule has 0 bridgehead atoms. The summed E-state index contributed by atoms with van der Waals surface area (Å²) in [6, 6.07) is 12.6. The number of methoxy groups -OCH3 is 1. The number of halogens is 1. The number of carbonyl (C=O) groups excluding carboxylic acids is 1. The summed E-state index contributed by atoms with van der Waals surface area (Å²) in [5.74, 6) is 0.464. The Morgan fingerprint density at radius 1 is 1.29 bits per heavy atom. The van der Waals surface area contributed by atoms with Gasteiger partial charge in [-0.1, -0.05) is 29.8 Å². The molecule has 110 valence electrons. The lowest BCUT2D eigenvalue weighted by Crippen LogP contribution is -2.13. The molecule has 0 aliphatic rings. The second-order valence-electron chi connectivity index (χ2n) is 4.59. The third-order valence-corrected chi connectivity index (χ3v) is 3.35. The fraction of sp³-hybridized carbons (Fsp3) is 0.188. The number of rotatable bonds is 5. The van der Waals surface area contributed by atoms with Gasteiger partial charge in [-0.2, -0.15) is 0 Å². The van der Waals surface area contributed by atoms with Crippen LogP contribution in [0.15, 0.2) is 42.5 Å². The van der Waals surface area contributed by atoms with Crippen LogP contribution in [-0.2, 0) is 11.2 Å². The molecule has 0 aliphatic carbocycles. The van der Waals surface area contributed by atoms with Crippen molar-refractivity contribution >= 4 is 28.9 Å². The number of nitrogens with two attached hydrogens (primary N) is 1. The van der Waals surface area contributed by atoms with Gasteiger partial charge in [0.25, 0.3) is 0 Å². The first-order chi connectivity index (χ1) is 10.1. The molecule has 2 aromatic carbocycles. The summed E-state index contributed by atoms with van der Waals surface area (Å²) in [4.78, 5) is 12.0. The SMILES string of the molecule is COc1ccc(Cl)cc1NC(=O)CCc1ccccc1N. The number of aryl methyl sites for hydroxylation is 1. The zero-order valence-electron chi connectivity index (χ0n) is 11.7. The van der Waals surface area contributed by atoms with Gasteiger partial charge < -0.3 is 15.8 Å². The summed E-state index contributed by atoms with van der Waals surface area (Å²) in [6.45, 7) is 0. The second-order valence-corrected chi connectivity index (χ2v) is 5.03. The Morgan fingerprint density at radius 3 is 2.76 bits per heavy atom. The molecule has 0 radical (unpaired) electrons. The van der Waals surface area contributed by atoms with Crippen LogP contribution in [0.4, 0.5) is 11.4 Å². The highest BCUT2D eigenvalue weighted by atomic mass is 35.5. The van der Waals surface area contributed by atoms with Crippen molar-refractivity contribution in [2.24, 2.45) is 0 Å². The fourth-order valence-electron chi connectivity index (χ4n) is 2.00. The molecule has 0 saturated carbocycles. The average Bonchev–Trinajstić information content (AvgIpc) is 2.47. The highest BCUT2D eigenvalue weighted by Crippen LogP contribution is 2.27. The highest BCUT2D eigenvalue weighted by molar-refractivity contribution is 6.31. The average molecular weight is 305 g/mol. The van der Waals surface area contributed by atoms with E-state index in [4.69, 9.17) is 22.1 Å². The predicted molar refractivity (Wildman–Crippen MR) is 85.8 cm³/mol. The number of benzene rings is 2. The summed E-state index contributed by atoms with van der Waals surface area (Å²) in [5, 5.41) is 3.34. The van der Waals surface area contributed by atoms with Crippen molar-refractivity contribution < 1.29 is 9.53 Å². The van der Waals surface area contributed by atoms with Crippen LogP contribution in [0.25, 0.3) is 0 Å². The standard InChI is InChI=1S/C16H17ClN2O2/c1-21-15-8-7-12(17)10-14(15)19-16(20)9-6-11-4-2-3-5-13(11)18/h2-5,7-8,10H,6,9,18H2,1H3,(H,19,20). The minimum Gasteiger partial charge on any atom is -0.495 e. The number of para-hydroxylation sites is 1. The van der Waals surface area contributed by atoms with Crippen molar-refractivity contribution in [3.8, 4) is 5.75 Å². The summed E-state index contributed by atoms with van der Waals surface area (Å²) in [7, 11) is 1.55. The molecule has 0 fully saturated rings. The van der Waals surface area contributed by atoms with E-state index in [-0.39, 0.29) is 5.91 Å². The molecule has 0 atom stereocenters. The van der Waals surface area contributed by atoms with Crippen molar-refractivity contribution in [3.05, 3.63) is 53.1 Å². The van der Waals surface area contributed by atoms with Crippen molar-refractivity contribution in [1.82, 2.24) is 0 Å². The van der Waals surface area contributed by atoms with Gasteiger partial charge in [-0.3, -0.25) is 4.79 Å². The molecule has 21 heavy (non-hydrogen) atoms. The van der Waals surface area contributed by atoms with Gasteiger partial charge in [-0.05, 0) is 36.2 Å². The fourth-order valence-corrected chi connectivity index (χ4v) is 2.17. The van der Waals surface area contributed by atoms with Crippen LogP contribution >= 0.6 is 11.6 Å². The zero-order chi connectivity index (χ0) is 15.2. The number of nitrogens with one attached hydrogen (secondary N) is 1. The van der Waals surface area contributed by atoms with E-state index in [0.29, 0.717) is 35.0 Å². The maximum absolute atomic E-state index is 12.0. The number of hydrogen-bond donors (Lipinski definition) is 2. The predicted octanol–water partition coefficient (Wildman–Crippen LogP) is 3.50. The maximum atomic E-state index is 12.0. The Hall–Kier alpha value is -2.20. The van der Waals surface area contributed by atoms with E-state index in [1.54, 1.807) is 25.3 Å². The van der Waals surface area contributed by atoms with Crippen LogP contribution in [0.5, 0.6) is 5.75 Å². The number of ether oxygens (including phenoxy) is 1. The Labute approximate surface area is 128 Å². The van der Waals surface area contributed by atoms with Crippen molar-refractivity contribution in [2.45, 2.75) is 12.8 Å². The molecule has 2 rings (SSSR count). The van der Waals surface area contributed by atoms with Crippen LogP contribution < -0.4 is 15.8 Å². The largest absolute Gasteiger partial charge is 0.495 e. The first-order valence-corrected chi connectivity index (χ1v) is 6.94. The summed E-state index contributed by atoms with van der Waals surface area (Å²) >= 11 is 5.93. The number of hydrogen-bond acceptors (Lipinski definition) is 3. The number of carbonyl (C=O) groups is 1. The quantitative estimate of drug-likeness (QED) is 0.831. The molecule has 0 spiro atoms. The van der Waals surface area contributed by atoms with Crippen LogP contribution in [0.1, 0.15) is 12.0 Å². The molecule has 1 amide bonds. The van der Waals surface area contributed by atoms with Gasteiger partial charge in [0.1, 0.15) is 5.75 Å². The Bertz CT molecular complexity index is 644. The molecule has 3 N–H and O–H groups in total. The zero-order valence-corrected chi connectivity index (χ0v) is 12.5. The lowest BCUT2D eigenvalue weighted by molar-refractivity contribution is -0.116. The second kappa shape index (κ2) is 6.99. The maximum Gasteiger partial charge on any atom is 0.224 e. The Morgan fingerprint density at radius 2 is 2.05 bits per heavy atom. The van der Waals surface area contributed by atoms with Crippen LogP contribution in [0.2, 0.25) is 5.02 Å². The number of anilines is 2. The van der Waals surface area contributed by atoms with Gasteiger partial charge in [0.15, 0.2) is 0 Å². The van der Waals surface area contributed by atoms with Crippen molar-refractivity contribution in [2.75, 3.05) is 18.2 Å². The lowest BCUT2D eigenvalue weighted by Gasteiger charge is -2.11. The normalized spacial score (nSPS) is 10.2. The topological polar surface area (TPSA) is 64.3 Å². The van der Waals surface area contributed by atoms with E-state index < -0.39 is 0 Å². The summed E-state index contributed by atoms with van der Waals surface area (Å²) < 4.78 is 5.19. The minimum atomic E-state index is -0.112. The van der Waals surface area contributed by atoms with E-state index >= 15 is 0 Å². The van der Waals surface area contributed by atoms with Gasteiger partial charge in [-0.15, -0.1) is 0 Å². The molecule has 4 nitrogen and oxygen atoms in total. The smallest absolute Gasteiger partial charge is 0.224 e. The molecular formula is C16H17ClN2O2. The van der Waals surface area contributed by atoms with Crippen LogP contribution in [-0.4, -0.2) is 13.0 Å². The third-order valence-electron chi connectivity index (χ3n) is 3.11. The van der Waals surface area contributed by atoms with E-state index in [9.17, 15) is 4.79 Å².